The summed E-state index contributed by atoms with van der Waals surface area (Å²) in [6.07, 6.45) is 0. The molecule has 12 nitrogen and oxygen atoms in total. The zero-order chi connectivity index (χ0) is 23.9. The Morgan fingerprint density at radius 3 is 2.30 bits per heavy atom. The van der Waals surface area contributed by atoms with Crippen LogP contribution in [0.2, 0.25) is 0 Å². The summed E-state index contributed by atoms with van der Waals surface area (Å²) < 4.78 is 32.9. The summed E-state index contributed by atoms with van der Waals surface area (Å²) in [5.41, 5.74) is -0.640. The van der Waals surface area contributed by atoms with E-state index in [1.54, 1.807) is 19.1 Å². The fraction of sp³-hybridized carbons (Fsp3) is 0.350. The molecule has 4 rings (SSSR count). The third kappa shape index (κ3) is 4.00. The predicted molar refractivity (Wildman–Crippen MR) is 114 cm³/mol. The van der Waals surface area contributed by atoms with Crippen LogP contribution in [-0.4, -0.2) is 75.7 Å². The molecule has 3 aromatic rings. The Labute approximate surface area is 188 Å². The van der Waals surface area contributed by atoms with Crippen molar-refractivity contribution in [3.63, 3.8) is 0 Å². The Balaban J connectivity index is 1.52. The first-order chi connectivity index (χ1) is 15.6. The van der Waals surface area contributed by atoms with Gasteiger partial charge in [0.15, 0.2) is 11.5 Å². The lowest BCUT2D eigenvalue weighted by atomic mass is 10.1. The smallest absolute Gasteiger partial charge is 0.357 e. The highest BCUT2D eigenvalue weighted by Crippen LogP contribution is 2.24. The van der Waals surface area contributed by atoms with Gasteiger partial charge in [0.1, 0.15) is 17.1 Å². The van der Waals surface area contributed by atoms with Crippen LogP contribution >= 0.6 is 0 Å². The number of aromatic nitrogens is 3. The lowest BCUT2D eigenvalue weighted by Gasteiger charge is -2.34. The van der Waals surface area contributed by atoms with Gasteiger partial charge in [0.05, 0.1) is 5.39 Å². The van der Waals surface area contributed by atoms with Crippen molar-refractivity contribution >= 4 is 32.7 Å². The fourth-order valence-electron chi connectivity index (χ4n) is 3.88. The fourth-order valence-corrected chi connectivity index (χ4v) is 5.59. The Bertz CT molecular complexity index is 1400. The monoisotopic (exact) mass is 475 g/mol. The first-order valence-corrected chi connectivity index (χ1v) is 11.5. The number of benzene rings is 1. The van der Waals surface area contributed by atoms with E-state index in [2.05, 4.69) is 10.3 Å². The van der Waals surface area contributed by atoms with E-state index in [9.17, 15) is 27.9 Å². The number of hydrogen-bond donors (Lipinski definition) is 1. The number of piperazine rings is 1. The van der Waals surface area contributed by atoms with E-state index >= 15 is 0 Å². The van der Waals surface area contributed by atoms with Crippen molar-refractivity contribution in [1.29, 1.82) is 0 Å². The minimum atomic E-state index is -3.83. The first-order valence-electron chi connectivity index (χ1n) is 10.0. The second kappa shape index (κ2) is 8.41. The summed E-state index contributed by atoms with van der Waals surface area (Å²) in [4.78, 5) is 38.6. The van der Waals surface area contributed by atoms with E-state index in [-0.39, 0.29) is 59.0 Å². The third-order valence-corrected chi connectivity index (χ3v) is 7.66. The molecule has 0 spiro atoms. The van der Waals surface area contributed by atoms with Crippen LogP contribution in [0, 0.1) is 13.8 Å². The summed E-state index contributed by atoms with van der Waals surface area (Å²) in [6.45, 7) is 2.93. The summed E-state index contributed by atoms with van der Waals surface area (Å²) in [5.74, 6) is -1.59. The number of rotatable bonds is 5. The van der Waals surface area contributed by atoms with Gasteiger partial charge in [-0.1, -0.05) is 23.4 Å². The molecule has 1 aliphatic heterocycles. The number of sulfonamides is 1. The van der Waals surface area contributed by atoms with Crippen molar-refractivity contribution in [2.24, 2.45) is 0 Å². The maximum atomic E-state index is 12.9. The highest BCUT2D eigenvalue weighted by molar-refractivity contribution is 7.89. The van der Waals surface area contributed by atoms with Crippen molar-refractivity contribution in [2.75, 3.05) is 26.2 Å². The van der Waals surface area contributed by atoms with E-state index in [0.29, 0.717) is 0 Å². The summed E-state index contributed by atoms with van der Waals surface area (Å²) in [7, 11) is -3.83. The Kier molecular flexibility index (Phi) is 5.76. The van der Waals surface area contributed by atoms with Crippen molar-refractivity contribution in [2.45, 2.75) is 25.3 Å². The largest absolute Gasteiger partial charge is 0.476 e. The number of aryl methyl sites for hydroxylation is 2. The molecule has 2 aromatic heterocycles. The van der Waals surface area contributed by atoms with Gasteiger partial charge in [-0.05, 0) is 19.9 Å². The van der Waals surface area contributed by atoms with Crippen LogP contribution in [0.15, 0.2) is 38.5 Å². The van der Waals surface area contributed by atoms with Gasteiger partial charge in [0, 0.05) is 31.6 Å². The second-order valence-corrected chi connectivity index (χ2v) is 9.48. The summed E-state index contributed by atoms with van der Waals surface area (Å²) in [5, 5.41) is 17.4. The Morgan fingerprint density at radius 1 is 1.09 bits per heavy atom. The zero-order valence-electron chi connectivity index (χ0n) is 17.9. The maximum Gasteiger partial charge on any atom is 0.357 e. The molecule has 1 N–H and O–H groups in total. The molecule has 1 aromatic carbocycles. The predicted octanol–water partition coefficient (Wildman–Crippen LogP) is 0.233. The van der Waals surface area contributed by atoms with Crippen LogP contribution in [0.3, 0.4) is 0 Å². The molecule has 13 heteroatoms. The molecule has 0 unspecified atom stereocenters. The van der Waals surface area contributed by atoms with Crippen LogP contribution in [0.5, 0.6) is 0 Å². The molecule has 3 heterocycles. The Hall–Kier alpha value is -3.58. The molecule has 33 heavy (non-hydrogen) atoms. The molecule has 1 saturated heterocycles. The highest BCUT2D eigenvalue weighted by atomic mass is 32.2. The summed E-state index contributed by atoms with van der Waals surface area (Å²) >= 11 is 0. The number of carbonyl (C=O) groups is 2. The second-order valence-electron chi connectivity index (χ2n) is 7.60. The summed E-state index contributed by atoms with van der Waals surface area (Å²) in [6, 6.07) is 6.16. The average molecular weight is 475 g/mol. The average Bonchev–Trinajstić information content (AvgIpc) is 3.14. The number of carbonyl (C=O) groups excluding carboxylic acids is 1. The van der Waals surface area contributed by atoms with Gasteiger partial charge in [0.25, 0.3) is 5.56 Å². The topological polar surface area (TPSA) is 156 Å². The van der Waals surface area contributed by atoms with Crippen LogP contribution in [0.1, 0.15) is 21.9 Å². The van der Waals surface area contributed by atoms with Crippen LogP contribution in [0.25, 0.3) is 10.8 Å². The van der Waals surface area contributed by atoms with Crippen molar-refractivity contribution in [1.82, 2.24) is 24.1 Å². The van der Waals surface area contributed by atoms with Gasteiger partial charge in [-0.3, -0.25) is 9.59 Å². The minimum Gasteiger partial charge on any atom is -0.476 e. The van der Waals surface area contributed by atoms with Gasteiger partial charge in [-0.25, -0.2) is 17.9 Å². The van der Waals surface area contributed by atoms with E-state index in [0.717, 1.165) is 4.68 Å². The van der Waals surface area contributed by atoms with E-state index < -0.39 is 34.0 Å². The number of nitrogens with zero attached hydrogens (tertiary/aromatic N) is 5. The molecule has 0 bridgehead atoms. The third-order valence-electron chi connectivity index (χ3n) is 5.51. The normalized spacial score (nSPS) is 15.2. The quantitative estimate of drug-likeness (QED) is 0.546. The van der Waals surface area contributed by atoms with Crippen LogP contribution in [-0.2, 0) is 21.4 Å². The number of amides is 1. The van der Waals surface area contributed by atoms with Gasteiger partial charge < -0.3 is 14.5 Å². The number of carboxylic acid groups (broad SMARTS) is 1. The van der Waals surface area contributed by atoms with Gasteiger partial charge in [0.2, 0.25) is 15.9 Å². The SMILES string of the molecule is Cc1noc(C)c1S(=O)(=O)N1CCN(C(=O)Cn2nc(C(=O)O)c3ccccc3c2=O)CC1. The van der Waals surface area contributed by atoms with Crippen LogP contribution in [0.4, 0.5) is 0 Å². The molecule has 174 valence electrons. The van der Waals surface area contributed by atoms with Crippen molar-refractivity contribution in [3.05, 3.63) is 51.8 Å². The number of carboxylic acids is 1. The van der Waals surface area contributed by atoms with Crippen LogP contribution < -0.4 is 5.56 Å². The highest BCUT2D eigenvalue weighted by Gasteiger charge is 2.34. The molecule has 0 radical (unpaired) electrons. The number of aromatic carboxylic acids is 1. The number of fused-ring (bicyclic) bond motifs is 1. The molecule has 1 amide bonds. The lowest BCUT2D eigenvalue weighted by Crippen LogP contribution is -2.51. The van der Waals surface area contributed by atoms with Crippen molar-refractivity contribution in [3.8, 4) is 0 Å². The molecule has 1 aliphatic rings. The van der Waals surface area contributed by atoms with Gasteiger partial charge in [-0.2, -0.15) is 9.40 Å². The molecule has 0 atom stereocenters. The molecular weight excluding hydrogens is 454 g/mol. The van der Waals surface area contributed by atoms with Crippen molar-refractivity contribution < 1.29 is 27.6 Å². The van der Waals surface area contributed by atoms with E-state index in [4.69, 9.17) is 4.52 Å². The molecular formula is C20H21N5O7S. The minimum absolute atomic E-state index is 0.0235. The zero-order valence-corrected chi connectivity index (χ0v) is 18.7. The number of hydrogen-bond acceptors (Lipinski definition) is 8. The van der Waals surface area contributed by atoms with Gasteiger partial charge in [-0.15, -0.1) is 0 Å². The molecule has 0 aliphatic carbocycles. The maximum absolute atomic E-state index is 12.9. The lowest BCUT2D eigenvalue weighted by molar-refractivity contribution is -0.133. The molecule has 0 saturated carbocycles. The van der Waals surface area contributed by atoms with E-state index in [1.165, 1.54) is 28.3 Å². The standard InChI is InChI=1S/C20H21N5O7S/c1-12-18(13(2)32-22-12)33(30,31)24-9-7-23(8-10-24)16(26)11-25-19(27)15-6-4-3-5-14(15)17(21-25)20(28)29/h3-6H,7-11H2,1-2H3,(H,28,29). The van der Waals surface area contributed by atoms with Gasteiger partial charge >= 0.3 is 5.97 Å². The Morgan fingerprint density at radius 2 is 1.73 bits per heavy atom. The first kappa shape index (κ1) is 22.6. The molecule has 1 fully saturated rings. The van der Waals surface area contributed by atoms with E-state index in [1.807, 2.05) is 0 Å².